The van der Waals surface area contributed by atoms with Crippen molar-refractivity contribution >= 4 is 53.3 Å². The molecule has 1 aliphatic heterocycles. The summed E-state index contributed by atoms with van der Waals surface area (Å²) in [6.07, 6.45) is 2.77. The number of rotatable bonds is 23. The van der Waals surface area contributed by atoms with E-state index in [1.165, 1.54) is 0 Å². The number of likely N-dealkylation sites (N-methyl/N-ethyl adjacent to an activating group) is 2. The van der Waals surface area contributed by atoms with Crippen LogP contribution >= 0.6 is 11.8 Å². The minimum absolute atomic E-state index is 0.0498. The molecule has 280 valence electrons. The fourth-order valence-electron chi connectivity index (χ4n) is 3.50. The first kappa shape index (κ1) is 49.0. The summed E-state index contributed by atoms with van der Waals surface area (Å²) in [5, 5.41) is 34.5. The van der Waals surface area contributed by atoms with E-state index in [2.05, 4.69) is 27.0 Å². The number of carboxylic acids is 3. The van der Waals surface area contributed by atoms with Crippen LogP contribution < -0.4 is 32.7 Å². The molecule has 0 aromatic rings. The summed E-state index contributed by atoms with van der Waals surface area (Å²) in [5.74, 6) is -3.65. The SMILES string of the molecule is CC.CCN(CCNCC(=O)O)CC(=O)NCCN1C(=O)CC(SCC(=O)NCCCCCN)C1=O.CCNCC(=O)O.NCC(=O)O. The number of thioether (sulfide) groups is 1. The molecule has 1 heterocycles. The third kappa shape index (κ3) is 30.0. The first-order valence-electron chi connectivity index (χ1n) is 16.0. The topological polar surface area (TPSA) is 287 Å². The molecule has 11 N–H and O–H groups in total. The van der Waals surface area contributed by atoms with Gasteiger partial charge in [0.25, 0.3) is 0 Å². The molecule has 48 heavy (non-hydrogen) atoms. The van der Waals surface area contributed by atoms with Crippen molar-refractivity contribution in [1.29, 1.82) is 0 Å². The van der Waals surface area contributed by atoms with Gasteiger partial charge in [0.2, 0.25) is 23.6 Å². The Labute approximate surface area is 287 Å². The number of carbonyl (C=O) groups excluding carboxylic acids is 4. The molecule has 0 aromatic heterocycles. The smallest absolute Gasteiger partial charge is 0.317 e. The Kier molecular flexibility index (Phi) is 34.3. The van der Waals surface area contributed by atoms with Gasteiger partial charge < -0.3 is 48.1 Å². The number of carboxylic acid groups (broad SMARTS) is 3. The zero-order valence-corrected chi connectivity index (χ0v) is 29.6. The van der Waals surface area contributed by atoms with Gasteiger partial charge in [-0.1, -0.05) is 34.1 Å². The summed E-state index contributed by atoms with van der Waals surface area (Å²) in [4.78, 5) is 81.3. The predicted molar refractivity (Wildman–Crippen MR) is 183 cm³/mol. The fourth-order valence-corrected chi connectivity index (χ4v) is 4.48. The maximum atomic E-state index is 12.5. The van der Waals surface area contributed by atoms with E-state index in [0.717, 1.165) is 35.9 Å². The molecule has 4 amide bonds. The number of likely N-dealkylation sites (tertiary alicyclic amines) is 1. The molecular weight excluding hydrogens is 652 g/mol. The highest BCUT2D eigenvalue weighted by atomic mass is 32.2. The van der Waals surface area contributed by atoms with Crippen LogP contribution in [0.5, 0.6) is 0 Å². The van der Waals surface area contributed by atoms with Crippen LogP contribution in [-0.4, -0.2) is 156 Å². The van der Waals surface area contributed by atoms with Gasteiger partial charge in [0.05, 0.1) is 37.2 Å². The number of hydrogen-bond donors (Lipinski definition) is 9. The minimum Gasteiger partial charge on any atom is -0.480 e. The molecule has 1 rings (SSSR count). The predicted octanol–water partition coefficient (Wildman–Crippen LogP) is -2.06. The lowest BCUT2D eigenvalue weighted by molar-refractivity contribution is -0.139. The highest BCUT2D eigenvalue weighted by molar-refractivity contribution is 8.01. The van der Waals surface area contributed by atoms with Crippen LogP contribution in [-0.2, 0) is 33.6 Å². The Balaban J connectivity index is -0.00000121. The molecule has 0 aliphatic carbocycles. The van der Waals surface area contributed by atoms with Gasteiger partial charge >= 0.3 is 17.9 Å². The maximum absolute atomic E-state index is 12.5. The molecular formula is C29H58N8O10S. The molecule has 0 bridgehead atoms. The number of aliphatic carboxylic acids is 3. The monoisotopic (exact) mass is 710 g/mol. The van der Waals surface area contributed by atoms with Crippen molar-refractivity contribution < 1.29 is 48.9 Å². The van der Waals surface area contributed by atoms with Crippen molar-refractivity contribution in [3.63, 3.8) is 0 Å². The second-order valence-corrected chi connectivity index (χ2v) is 10.8. The largest absolute Gasteiger partial charge is 0.480 e. The highest BCUT2D eigenvalue weighted by Crippen LogP contribution is 2.24. The van der Waals surface area contributed by atoms with E-state index in [1.54, 1.807) is 0 Å². The van der Waals surface area contributed by atoms with Gasteiger partial charge in [0, 0.05) is 39.1 Å². The van der Waals surface area contributed by atoms with Gasteiger partial charge in [-0.05, 0) is 32.5 Å². The molecule has 1 aliphatic rings. The lowest BCUT2D eigenvalue weighted by atomic mass is 10.2. The summed E-state index contributed by atoms with van der Waals surface area (Å²) in [6.45, 7) is 11.3. The number of imide groups is 1. The molecule has 1 atom stereocenters. The summed E-state index contributed by atoms with van der Waals surface area (Å²) in [6, 6.07) is 0. The number of nitrogens with one attached hydrogen (secondary N) is 4. The third-order valence-corrected chi connectivity index (χ3v) is 7.07. The lowest BCUT2D eigenvalue weighted by Crippen LogP contribution is -2.43. The Morgan fingerprint density at radius 2 is 1.44 bits per heavy atom. The van der Waals surface area contributed by atoms with Crippen LogP contribution in [0.1, 0.15) is 53.4 Å². The van der Waals surface area contributed by atoms with Crippen molar-refractivity contribution in [1.82, 2.24) is 31.1 Å². The molecule has 18 nitrogen and oxygen atoms in total. The summed E-state index contributed by atoms with van der Waals surface area (Å²) < 4.78 is 0. The molecule has 1 saturated heterocycles. The standard InChI is InChI=1S/C21H38N6O6S.C4H9NO2.C2H5NO2.C2H6/c1-2-26(10-8-23-13-20(31)32)14-17(28)25-9-11-27-19(30)12-16(21(27)33)34-15-18(29)24-7-5-3-4-6-22;1-2-5-3-4(6)7;3-1-2(4)5;1-2/h16,23H,2-15,22H2,1H3,(H,24,29)(H,25,28)(H,31,32);5H,2-3H2,1H3,(H,6,7);1,3H2,(H,4,5);1-2H3. The van der Waals surface area contributed by atoms with Crippen molar-refractivity contribution in [2.24, 2.45) is 11.5 Å². The van der Waals surface area contributed by atoms with Gasteiger partial charge in [0.1, 0.15) is 0 Å². The lowest BCUT2D eigenvalue weighted by Gasteiger charge is -2.20. The van der Waals surface area contributed by atoms with E-state index in [1.807, 2.05) is 32.6 Å². The normalized spacial score (nSPS) is 13.3. The molecule has 0 saturated carbocycles. The van der Waals surface area contributed by atoms with Crippen LogP contribution in [0.3, 0.4) is 0 Å². The van der Waals surface area contributed by atoms with E-state index >= 15 is 0 Å². The molecule has 0 radical (unpaired) electrons. The maximum Gasteiger partial charge on any atom is 0.317 e. The van der Waals surface area contributed by atoms with Gasteiger partial charge in [-0.2, -0.15) is 0 Å². The number of nitrogens with two attached hydrogens (primary N) is 2. The number of hydrogen-bond acceptors (Lipinski definition) is 13. The average molecular weight is 711 g/mol. The van der Waals surface area contributed by atoms with Crippen molar-refractivity contribution in [3.8, 4) is 0 Å². The van der Waals surface area contributed by atoms with Crippen LogP contribution in [0.15, 0.2) is 0 Å². The summed E-state index contributed by atoms with van der Waals surface area (Å²) in [7, 11) is 0. The van der Waals surface area contributed by atoms with E-state index in [0.29, 0.717) is 39.3 Å². The van der Waals surface area contributed by atoms with Gasteiger partial charge in [-0.3, -0.25) is 43.4 Å². The Hall–Kier alpha value is -3.36. The zero-order chi connectivity index (χ0) is 37.3. The Morgan fingerprint density at radius 3 is 1.94 bits per heavy atom. The molecule has 1 unspecified atom stereocenters. The van der Waals surface area contributed by atoms with Crippen molar-refractivity contribution in [2.75, 3.05) is 84.3 Å². The minimum atomic E-state index is -0.968. The quantitative estimate of drug-likeness (QED) is 0.0407. The second-order valence-electron chi connectivity index (χ2n) is 9.65. The summed E-state index contributed by atoms with van der Waals surface area (Å²) in [5.41, 5.74) is 10.00. The van der Waals surface area contributed by atoms with Crippen LogP contribution in [0.25, 0.3) is 0 Å². The van der Waals surface area contributed by atoms with Crippen LogP contribution in [0, 0.1) is 0 Å². The third-order valence-electron chi connectivity index (χ3n) is 5.88. The van der Waals surface area contributed by atoms with E-state index < -0.39 is 23.2 Å². The van der Waals surface area contributed by atoms with E-state index in [4.69, 9.17) is 21.1 Å². The van der Waals surface area contributed by atoms with E-state index in [9.17, 15) is 33.6 Å². The van der Waals surface area contributed by atoms with Crippen molar-refractivity contribution in [3.05, 3.63) is 0 Å². The van der Waals surface area contributed by atoms with Crippen LogP contribution in [0.2, 0.25) is 0 Å². The summed E-state index contributed by atoms with van der Waals surface area (Å²) >= 11 is 1.16. The number of carbonyl (C=O) groups is 7. The first-order valence-corrected chi connectivity index (χ1v) is 17.1. The van der Waals surface area contributed by atoms with Gasteiger partial charge in [-0.15, -0.1) is 11.8 Å². The number of nitrogens with zero attached hydrogens (tertiary/aromatic N) is 2. The Morgan fingerprint density at radius 1 is 0.854 bits per heavy atom. The van der Waals surface area contributed by atoms with Gasteiger partial charge in [0.15, 0.2) is 0 Å². The number of unbranched alkanes of at least 4 members (excludes halogenated alkanes) is 2. The first-order chi connectivity index (χ1) is 22.8. The zero-order valence-electron chi connectivity index (χ0n) is 28.8. The van der Waals surface area contributed by atoms with E-state index in [-0.39, 0.29) is 75.1 Å². The molecule has 0 aromatic carbocycles. The Bertz CT molecular complexity index is 946. The van der Waals surface area contributed by atoms with Gasteiger partial charge in [-0.25, -0.2) is 0 Å². The van der Waals surface area contributed by atoms with Crippen LogP contribution in [0.4, 0.5) is 0 Å². The second kappa shape index (κ2) is 33.5. The molecule has 1 fully saturated rings. The average Bonchev–Trinajstić information content (AvgIpc) is 3.33. The number of amides is 4. The highest BCUT2D eigenvalue weighted by Gasteiger charge is 2.38. The molecule has 19 heteroatoms. The van der Waals surface area contributed by atoms with Crippen molar-refractivity contribution in [2.45, 2.75) is 58.6 Å². The molecule has 0 spiro atoms. The fraction of sp³-hybridized carbons (Fsp3) is 0.759.